The molecule has 1 aromatic heterocycles. The summed E-state index contributed by atoms with van der Waals surface area (Å²) in [6, 6.07) is 0. The van der Waals surface area contributed by atoms with E-state index in [1.165, 1.54) is 16.5 Å². The number of allylic oxidation sites excluding steroid dienone is 3. The van der Waals surface area contributed by atoms with Crippen molar-refractivity contribution in [1.29, 1.82) is 0 Å². The molecule has 3 atom stereocenters. The highest BCUT2D eigenvalue weighted by Crippen LogP contribution is 2.54. The zero-order chi connectivity index (χ0) is 18.6. The van der Waals surface area contributed by atoms with Gasteiger partial charge in [0.2, 0.25) is 0 Å². The van der Waals surface area contributed by atoms with Crippen LogP contribution in [0.25, 0.3) is 0 Å². The SMILES string of the molecule is CC1=C2C[C@@]3(C)C(=CC[C@H](OC(=O)n4ccnc4)[C@@H]3C)C=C2N(C)C1=O. The first-order chi connectivity index (χ1) is 12.3. The van der Waals surface area contributed by atoms with Crippen molar-refractivity contribution < 1.29 is 14.3 Å². The molecule has 6 heteroatoms. The van der Waals surface area contributed by atoms with Gasteiger partial charge in [0.05, 0.1) is 0 Å². The van der Waals surface area contributed by atoms with Crippen LogP contribution in [-0.4, -0.2) is 39.6 Å². The van der Waals surface area contributed by atoms with E-state index in [2.05, 4.69) is 31.0 Å². The number of likely N-dealkylation sites (N-methyl/N-ethyl adjacent to an activating group) is 1. The van der Waals surface area contributed by atoms with Gasteiger partial charge in [0, 0.05) is 48.5 Å². The molecule has 2 heterocycles. The monoisotopic (exact) mass is 353 g/mol. The van der Waals surface area contributed by atoms with Gasteiger partial charge < -0.3 is 9.64 Å². The normalized spacial score (nSPS) is 30.6. The molecule has 0 saturated heterocycles. The van der Waals surface area contributed by atoms with Crippen molar-refractivity contribution in [2.75, 3.05) is 7.05 Å². The smallest absolute Gasteiger partial charge is 0.419 e. The highest BCUT2D eigenvalue weighted by atomic mass is 16.6. The van der Waals surface area contributed by atoms with Crippen molar-refractivity contribution in [2.24, 2.45) is 11.3 Å². The lowest BCUT2D eigenvalue weighted by molar-refractivity contribution is -0.123. The van der Waals surface area contributed by atoms with Crippen LogP contribution < -0.4 is 0 Å². The van der Waals surface area contributed by atoms with Gasteiger partial charge in [0.25, 0.3) is 5.91 Å². The fourth-order valence-electron chi connectivity index (χ4n) is 4.35. The zero-order valence-electron chi connectivity index (χ0n) is 15.5. The second-order valence-corrected chi connectivity index (χ2v) is 7.67. The average Bonchev–Trinajstić information content (AvgIpc) is 3.22. The summed E-state index contributed by atoms with van der Waals surface area (Å²) < 4.78 is 7.12. The van der Waals surface area contributed by atoms with Crippen LogP contribution in [0.2, 0.25) is 0 Å². The molecule has 4 rings (SSSR count). The van der Waals surface area contributed by atoms with Crippen LogP contribution in [0, 0.1) is 11.3 Å². The molecule has 1 amide bonds. The molecule has 6 nitrogen and oxygen atoms in total. The fraction of sp³-hybridized carbons (Fsp3) is 0.450. The Balaban J connectivity index is 1.65. The van der Waals surface area contributed by atoms with Gasteiger partial charge in [-0.05, 0) is 30.6 Å². The minimum Gasteiger partial charge on any atom is -0.445 e. The Hall–Kier alpha value is -2.63. The van der Waals surface area contributed by atoms with Gasteiger partial charge in [-0.15, -0.1) is 0 Å². The fourth-order valence-corrected chi connectivity index (χ4v) is 4.35. The Bertz CT molecular complexity index is 878. The van der Waals surface area contributed by atoms with E-state index >= 15 is 0 Å². The molecular formula is C20H23N3O3. The largest absolute Gasteiger partial charge is 0.445 e. The van der Waals surface area contributed by atoms with Gasteiger partial charge in [-0.1, -0.05) is 19.9 Å². The number of carbonyl (C=O) groups is 2. The number of carbonyl (C=O) groups excluding carboxylic acids is 2. The van der Waals surface area contributed by atoms with Gasteiger partial charge in [0.15, 0.2) is 0 Å². The summed E-state index contributed by atoms with van der Waals surface area (Å²) in [7, 11) is 1.83. The molecule has 136 valence electrons. The van der Waals surface area contributed by atoms with Gasteiger partial charge in [-0.25, -0.2) is 14.3 Å². The molecule has 2 aliphatic carbocycles. The lowest BCUT2D eigenvalue weighted by Gasteiger charge is -2.46. The van der Waals surface area contributed by atoms with Crippen molar-refractivity contribution in [3.8, 4) is 0 Å². The number of imidazole rings is 1. The Labute approximate surface area is 152 Å². The molecule has 0 fully saturated rings. The molecule has 0 unspecified atom stereocenters. The first-order valence-corrected chi connectivity index (χ1v) is 8.92. The maximum Gasteiger partial charge on any atom is 0.419 e. The van der Waals surface area contributed by atoms with E-state index in [-0.39, 0.29) is 23.3 Å². The molecular weight excluding hydrogens is 330 g/mol. The predicted molar refractivity (Wildman–Crippen MR) is 96.0 cm³/mol. The van der Waals surface area contributed by atoms with Crippen molar-refractivity contribution in [2.45, 2.75) is 39.7 Å². The molecule has 0 N–H and O–H groups in total. The van der Waals surface area contributed by atoms with Crippen LogP contribution in [-0.2, 0) is 9.53 Å². The molecule has 0 saturated carbocycles. The Kier molecular flexibility index (Phi) is 3.68. The third kappa shape index (κ3) is 2.28. The number of amides is 1. The number of ether oxygens (including phenoxy) is 1. The van der Waals surface area contributed by atoms with Crippen LogP contribution in [0.4, 0.5) is 4.79 Å². The lowest BCUT2D eigenvalue weighted by Crippen LogP contribution is -2.43. The standard InChI is InChI=1S/C20H23N3O3/c1-12-15-10-20(3)13(2)17(26-19(25)23-8-7-21-11-23)6-5-14(20)9-16(15)22(4)18(12)24/h5,7-9,11,13,17H,6,10H2,1-4H3/t13-,17-,20+/m0/s1. The number of hydrogen-bond donors (Lipinski definition) is 0. The lowest BCUT2D eigenvalue weighted by atomic mass is 9.60. The van der Waals surface area contributed by atoms with Crippen LogP contribution in [0.3, 0.4) is 0 Å². The van der Waals surface area contributed by atoms with Gasteiger partial charge in [-0.3, -0.25) is 4.79 Å². The quantitative estimate of drug-likeness (QED) is 0.777. The van der Waals surface area contributed by atoms with E-state index in [1.807, 2.05) is 14.0 Å². The van der Waals surface area contributed by atoms with Crippen molar-refractivity contribution in [3.63, 3.8) is 0 Å². The van der Waals surface area contributed by atoms with E-state index in [9.17, 15) is 9.59 Å². The number of aromatic nitrogens is 2. The van der Waals surface area contributed by atoms with Gasteiger partial charge >= 0.3 is 6.09 Å². The third-order valence-electron chi connectivity index (χ3n) is 6.34. The maximum atomic E-state index is 12.3. The molecule has 0 spiro atoms. The molecule has 1 aromatic rings. The van der Waals surface area contributed by atoms with Crippen molar-refractivity contribution >= 4 is 12.0 Å². The minimum atomic E-state index is -0.405. The number of nitrogens with zero attached hydrogens (tertiary/aromatic N) is 3. The van der Waals surface area contributed by atoms with E-state index in [0.29, 0.717) is 6.42 Å². The second kappa shape index (κ2) is 5.69. The summed E-state index contributed by atoms with van der Waals surface area (Å²) in [4.78, 5) is 30.3. The highest BCUT2D eigenvalue weighted by Gasteiger charge is 2.48. The van der Waals surface area contributed by atoms with Crippen LogP contribution in [0.5, 0.6) is 0 Å². The first-order valence-electron chi connectivity index (χ1n) is 8.92. The van der Waals surface area contributed by atoms with E-state index in [0.717, 1.165) is 23.3 Å². The molecule has 26 heavy (non-hydrogen) atoms. The maximum absolute atomic E-state index is 12.3. The van der Waals surface area contributed by atoms with Crippen LogP contribution >= 0.6 is 0 Å². The summed E-state index contributed by atoms with van der Waals surface area (Å²) in [5.74, 6) is 0.207. The van der Waals surface area contributed by atoms with E-state index < -0.39 is 6.09 Å². The van der Waals surface area contributed by atoms with Crippen molar-refractivity contribution in [3.05, 3.63) is 53.3 Å². The average molecular weight is 353 g/mol. The summed E-state index contributed by atoms with van der Waals surface area (Å²) in [5.41, 5.74) is 4.02. The van der Waals surface area contributed by atoms with Gasteiger partial charge in [0.1, 0.15) is 12.4 Å². The Morgan fingerprint density at radius 2 is 2.19 bits per heavy atom. The Morgan fingerprint density at radius 1 is 1.42 bits per heavy atom. The zero-order valence-corrected chi connectivity index (χ0v) is 15.5. The van der Waals surface area contributed by atoms with Crippen molar-refractivity contribution in [1.82, 2.24) is 14.5 Å². The molecule has 0 bridgehead atoms. The number of rotatable bonds is 1. The molecule has 0 aromatic carbocycles. The van der Waals surface area contributed by atoms with Crippen LogP contribution in [0.1, 0.15) is 33.6 Å². The van der Waals surface area contributed by atoms with E-state index in [1.54, 1.807) is 17.3 Å². The topological polar surface area (TPSA) is 64.4 Å². The highest BCUT2D eigenvalue weighted by molar-refractivity contribution is 6.00. The number of hydrogen-bond acceptors (Lipinski definition) is 4. The van der Waals surface area contributed by atoms with E-state index in [4.69, 9.17) is 4.74 Å². The third-order valence-corrected chi connectivity index (χ3v) is 6.34. The summed E-state index contributed by atoms with van der Waals surface area (Å²) in [6.07, 6.45) is 9.73. The summed E-state index contributed by atoms with van der Waals surface area (Å²) >= 11 is 0. The predicted octanol–water partition coefficient (Wildman–Crippen LogP) is 3.29. The Morgan fingerprint density at radius 3 is 2.88 bits per heavy atom. The van der Waals surface area contributed by atoms with Crippen LogP contribution in [0.15, 0.2) is 53.3 Å². The first kappa shape index (κ1) is 16.8. The molecule has 1 aliphatic heterocycles. The van der Waals surface area contributed by atoms with Gasteiger partial charge in [-0.2, -0.15) is 0 Å². The number of fused-ring (bicyclic) bond motifs is 2. The minimum absolute atomic E-state index is 0.0739. The second-order valence-electron chi connectivity index (χ2n) is 7.67. The summed E-state index contributed by atoms with van der Waals surface area (Å²) in [6.45, 7) is 6.24. The molecule has 3 aliphatic rings. The molecule has 0 radical (unpaired) electrons. The summed E-state index contributed by atoms with van der Waals surface area (Å²) in [5, 5.41) is 0.